The molecule has 0 aliphatic carbocycles. The highest BCUT2D eigenvalue weighted by atomic mass is 79.9. The number of rotatable bonds is 3. The second kappa shape index (κ2) is 13.8. The lowest BCUT2D eigenvalue weighted by atomic mass is 10.2. The maximum Gasteiger partial charge on any atom is 0.145 e. The Kier molecular flexibility index (Phi) is 11.8. The first kappa shape index (κ1) is 25.7. The minimum Gasteiger partial charge on any atom is -0.496 e. The molecule has 0 aliphatic heterocycles. The number of methoxy groups -OCH3 is 1. The average Bonchev–Trinajstić information content (AvgIpc) is 3.24. The van der Waals surface area contributed by atoms with Gasteiger partial charge in [0.05, 0.1) is 33.7 Å². The van der Waals surface area contributed by atoms with Crippen LogP contribution in [0.1, 0.15) is 27.7 Å². The zero-order chi connectivity index (χ0) is 22.5. The van der Waals surface area contributed by atoms with Gasteiger partial charge < -0.3 is 10.1 Å². The third-order valence-electron chi connectivity index (χ3n) is 3.48. The molecule has 162 valence electrons. The molecule has 4 rings (SSSR count). The number of nitrogens with one attached hydrogen (secondary N) is 2. The summed E-state index contributed by atoms with van der Waals surface area (Å²) in [6.45, 7) is 8.00. The van der Waals surface area contributed by atoms with Gasteiger partial charge in [0, 0.05) is 17.2 Å². The fourth-order valence-electron chi connectivity index (χ4n) is 2.45. The fraction of sp³-hybridized carbons (Fsp3) is 0.286. The summed E-state index contributed by atoms with van der Waals surface area (Å²) in [4.78, 5) is 13.0. The second-order valence-corrected chi connectivity index (χ2v) is 6.88. The first-order chi connectivity index (χ1) is 14.7. The van der Waals surface area contributed by atoms with Gasteiger partial charge in [-0.1, -0.05) is 43.6 Å². The van der Waals surface area contributed by atoms with E-state index in [4.69, 9.17) is 4.74 Å². The first-order valence-electron chi connectivity index (χ1n) is 9.52. The molecule has 0 bridgehead atoms. The van der Waals surface area contributed by atoms with Crippen molar-refractivity contribution in [3.8, 4) is 5.75 Å². The standard InChI is InChI=1S/C16H11BrN4OS.2C2H6.CH4FN/c1-22-13-5-9(17)4-12-15(13)16(19-7-18-12)21-10-2-3-11-14(6-10)23-8-20-11;2*1-2;1-3-2/h2-8H,1H3,(H,18,19,21);2*1-2H3;3H,1H3. The number of fused-ring (bicyclic) bond motifs is 2. The molecule has 0 aliphatic rings. The van der Waals surface area contributed by atoms with Crippen molar-refractivity contribution < 1.29 is 9.22 Å². The van der Waals surface area contributed by atoms with Crippen LogP contribution in [0.2, 0.25) is 0 Å². The highest BCUT2D eigenvalue weighted by Crippen LogP contribution is 2.34. The minimum atomic E-state index is 0.711. The Labute approximate surface area is 189 Å². The monoisotopic (exact) mass is 495 g/mol. The summed E-state index contributed by atoms with van der Waals surface area (Å²) in [5, 5.41) is 4.21. The largest absolute Gasteiger partial charge is 0.496 e. The number of nitrogens with zero attached hydrogens (tertiary/aromatic N) is 3. The number of hydrogen-bond acceptors (Lipinski definition) is 7. The van der Waals surface area contributed by atoms with E-state index >= 15 is 0 Å². The van der Waals surface area contributed by atoms with E-state index in [9.17, 15) is 4.48 Å². The van der Waals surface area contributed by atoms with Crippen molar-refractivity contribution in [3.05, 3.63) is 46.6 Å². The SMILES string of the molecule is CC.CC.CNF.COc1cc(Br)cc2ncnc(Nc3ccc4ncsc4c3)c12. The highest BCUT2D eigenvalue weighted by Gasteiger charge is 2.11. The van der Waals surface area contributed by atoms with Crippen molar-refractivity contribution in [2.24, 2.45) is 0 Å². The lowest BCUT2D eigenvalue weighted by Gasteiger charge is -2.12. The summed E-state index contributed by atoms with van der Waals surface area (Å²) in [6.07, 6.45) is 1.54. The van der Waals surface area contributed by atoms with Gasteiger partial charge in [-0.15, -0.1) is 15.8 Å². The molecule has 0 atom stereocenters. The molecule has 6 nitrogen and oxygen atoms in total. The van der Waals surface area contributed by atoms with Crippen LogP contribution in [0.4, 0.5) is 16.0 Å². The van der Waals surface area contributed by atoms with Gasteiger partial charge in [0.25, 0.3) is 0 Å². The van der Waals surface area contributed by atoms with Gasteiger partial charge in [-0.2, -0.15) is 5.54 Å². The van der Waals surface area contributed by atoms with Crippen LogP contribution in [0.15, 0.2) is 46.6 Å². The van der Waals surface area contributed by atoms with Crippen LogP contribution in [-0.4, -0.2) is 29.1 Å². The van der Waals surface area contributed by atoms with Crippen LogP contribution >= 0.6 is 27.3 Å². The van der Waals surface area contributed by atoms with E-state index in [2.05, 4.69) is 42.3 Å². The number of thiazole rings is 1. The summed E-state index contributed by atoms with van der Waals surface area (Å²) in [7, 11) is 2.85. The Bertz CT molecular complexity index is 1040. The lowest BCUT2D eigenvalue weighted by Crippen LogP contribution is -1.98. The molecule has 4 aromatic rings. The van der Waals surface area contributed by atoms with Crippen molar-refractivity contribution >= 4 is 59.9 Å². The van der Waals surface area contributed by atoms with Crippen molar-refractivity contribution in [1.82, 2.24) is 20.5 Å². The molecule has 0 unspecified atom stereocenters. The molecular weight excluding hydrogens is 469 g/mol. The Morgan fingerprint density at radius 2 is 1.70 bits per heavy atom. The molecule has 2 heterocycles. The normalized spacial score (nSPS) is 9.47. The molecule has 2 N–H and O–H groups in total. The topological polar surface area (TPSA) is 72.0 Å². The van der Waals surface area contributed by atoms with E-state index in [0.29, 0.717) is 5.82 Å². The minimum absolute atomic E-state index is 0.711. The van der Waals surface area contributed by atoms with Gasteiger partial charge in [0.1, 0.15) is 17.9 Å². The average molecular weight is 496 g/mol. The number of ether oxygens (including phenoxy) is 1. The summed E-state index contributed by atoms with van der Waals surface area (Å²) < 4.78 is 17.6. The maximum absolute atomic E-state index is 10.0. The van der Waals surface area contributed by atoms with Gasteiger partial charge >= 0.3 is 0 Å². The van der Waals surface area contributed by atoms with Crippen LogP contribution in [0.25, 0.3) is 21.1 Å². The molecule has 0 radical (unpaired) electrons. The summed E-state index contributed by atoms with van der Waals surface area (Å²) >= 11 is 5.08. The Morgan fingerprint density at radius 3 is 2.37 bits per heavy atom. The van der Waals surface area contributed by atoms with Crippen LogP contribution in [0.3, 0.4) is 0 Å². The van der Waals surface area contributed by atoms with E-state index in [0.717, 1.165) is 37.0 Å². The van der Waals surface area contributed by atoms with E-state index in [-0.39, 0.29) is 0 Å². The predicted octanol–water partition coefficient (Wildman–Crippen LogP) is 6.90. The van der Waals surface area contributed by atoms with Crippen molar-refractivity contribution in [3.63, 3.8) is 0 Å². The van der Waals surface area contributed by atoms with Crippen LogP contribution < -0.4 is 15.6 Å². The fourth-order valence-corrected chi connectivity index (χ4v) is 3.59. The van der Waals surface area contributed by atoms with Gasteiger partial charge in [0.2, 0.25) is 0 Å². The van der Waals surface area contributed by atoms with E-state index in [1.807, 2.05) is 57.5 Å². The quantitative estimate of drug-likeness (QED) is 0.301. The molecule has 0 saturated carbocycles. The first-order valence-corrected chi connectivity index (χ1v) is 11.2. The molecule has 2 aromatic heterocycles. The predicted molar refractivity (Wildman–Crippen MR) is 130 cm³/mol. The molecule has 2 aromatic carbocycles. The van der Waals surface area contributed by atoms with Crippen LogP contribution in [0.5, 0.6) is 5.75 Å². The maximum atomic E-state index is 10.0. The number of anilines is 2. The van der Waals surface area contributed by atoms with Crippen LogP contribution in [0, 0.1) is 0 Å². The van der Waals surface area contributed by atoms with Gasteiger partial charge in [0.15, 0.2) is 0 Å². The molecule has 0 spiro atoms. The number of benzene rings is 2. The zero-order valence-corrected chi connectivity index (χ0v) is 20.4. The van der Waals surface area contributed by atoms with Crippen molar-refractivity contribution in [2.75, 3.05) is 19.5 Å². The Balaban J connectivity index is 0.000000579. The van der Waals surface area contributed by atoms with Gasteiger partial charge in [-0.05, 0) is 30.3 Å². The van der Waals surface area contributed by atoms with E-state index in [1.165, 1.54) is 12.6 Å². The van der Waals surface area contributed by atoms with Crippen LogP contribution in [-0.2, 0) is 0 Å². The highest BCUT2D eigenvalue weighted by molar-refractivity contribution is 9.10. The van der Waals surface area contributed by atoms with Crippen molar-refractivity contribution in [1.29, 1.82) is 0 Å². The zero-order valence-electron chi connectivity index (χ0n) is 18.0. The number of hydrogen-bond donors (Lipinski definition) is 2. The number of aromatic nitrogens is 3. The van der Waals surface area contributed by atoms with Crippen molar-refractivity contribution in [2.45, 2.75) is 27.7 Å². The molecule has 0 amide bonds. The Morgan fingerprint density at radius 1 is 1.00 bits per heavy atom. The molecule has 0 saturated heterocycles. The summed E-state index contributed by atoms with van der Waals surface area (Å²) in [6, 6.07) is 9.89. The van der Waals surface area contributed by atoms with Gasteiger partial charge in [-0.25, -0.2) is 15.0 Å². The lowest BCUT2D eigenvalue weighted by molar-refractivity contribution is 0.380. The smallest absolute Gasteiger partial charge is 0.145 e. The second-order valence-electron chi connectivity index (χ2n) is 5.07. The summed E-state index contributed by atoms with van der Waals surface area (Å²) in [5.41, 5.74) is 5.85. The van der Waals surface area contributed by atoms with Gasteiger partial charge in [-0.3, -0.25) is 0 Å². The molecular formula is C21H27BrFN5OS. The Hall–Kier alpha value is -2.36. The summed E-state index contributed by atoms with van der Waals surface area (Å²) in [5.74, 6) is 1.43. The van der Waals surface area contributed by atoms with E-state index < -0.39 is 0 Å². The third-order valence-corrected chi connectivity index (χ3v) is 4.73. The molecule has 30 heavy (non-hydrogen) atoms. The molecule has 9 heteroatoms. The third kappa shape index (κ3) is 6.58. The molecule has 0 fully saturated rings. The van der Waals surface area contributed by atoms with E-state index in [1.54, 1.807) is 24.8 Å². The number of halogens is 2.